The maximum atomic E-state index is 5.69. The Labute approximate surface area is 106 Å². The summed E-state index contributed by atoms with van der Waals surface area (Å²) >= 11 is 3.87. The minimum Gasteiger partial charge on any atom is -0.482 e. The third-order valence-corrected chi connectivity index (χ3v) is 4.61. The van der Waals surface area contributed by atoms with Gasteiger partial charge in [-0.2, -0.15) is 11.8 Å². The highest BCUT2D eigenvalue weighted by atomic mass is 32.2. The Kier molecular flexibility index (Phi) is 4.47. The first kappa shape index (κ1) is 12.2. The quantitative estimate of drug-likeness (QED) is 0.745. The molecule has 1 nitrogen and oxygen atoms in total. The Hall–Kier alpha value is -0.280. The summed E-state index contributed by atoms with van der Waals surface area (Å²) in [5.74, 6) is 5.41. The van der Waals surface area contributed by atoms with E-state index in [0.717, 1.165) is 23.2 Å². The molecule has 0 aromatic heterocycles. The summed E-state index contributed by atoms with van der Waals surface area (Å²) in [6.45, 7) is 4.39. The van der Waals surface area contributed by atoms with Crippen molar-refractivity contribution in [1.82, 2.24) is 0 Å². The second-order valence-corrected chi connectivity index (χ2v) is 6.10. The number of fused-ring (bicyclic) bond motifs is 1. The molecule has 0 amide bonds. The van der Waals surface area contributed by atoms with Crippen LogP contribution in [0.5, 0.6) is 5.75 Å². The molecule has 0 unspecified atom stereocenters. The average molecular weight is 254 g/mol. The lowest BCUT2D eigenvalue weighted by Crippen LogP contribution is -2.05. The largest absolute Gasteiger partial charge is 0.482 e. The highest BCUT2D eigenvalue weighted by Gasteiger charge is 2.14. The number of rotatable bonds is 4. The van der Waals surface area contributed by atoms with Crippen molar-refractivity contribution < 1.29 is 4.74 Å². The molecule has 0 radical (unpaired) electrons. The van der Waals surface area contributed by atoms with E-state index < -0.39 is 0 Å². The van der Waals surface area contributed by atoms with Crippen LogP contribution in [0, 0.1) is 6.92 Å². The van der Waals surface area contributed by atoms with E-state index in [1.165, 1.54) is 28.9 Å². The van der Waals surface area contributed by atoms with Gasteiger partial charge < -0.3 is 4.74 Å². The highest BCUT2D eigenvalue weighted by Crippen LogP contribution is 2.34. The van der Waals surface area contributed by atoms with Crippen molar-refractivity contribution >= 4 is 23.5 Å². The summed E-state index contributed by atoms with van der Waals surface area (Å²) in [6, 6.07) is 4.59. The lowest BCUT2D eigenvalue weighted by atomic mass is 10.1. The fraction of sp³-hybridized carbons (Fsp3) is 0.538. The van der Waals surface area contributed by atoms with Crippen LogP contribution in [-0.4, -0.2) is 11.7 Å². The van der Waals surface area contributed by atoms with E-state index in [4.69, 9.17) is 4.74 Å². The average Bonchev–Trinajstić information content (AvgIpc) is 2.30. The molecule has 0 spiro atoms. The molecule has 0 saturated carbocycles. The highest BCUT2D eigenvalue weighted by molar-refractivity contribution is 7.98. The van der Waals surface area contributed by atoms with Gasteiger partial charge >= 0.3 is 0 Å². The van der Waals surface area contributed by atoms with E-state index >= 15 is 0 Å². The number of aryl methyl sites for hydroxylation is 1. The van der Waals surface area contributed by atoms with Gasteiger partial charge in [0.2, 0.25) is 0 Å². The molecular weight excluding hydrogens is 236 g/mol. The predicted molar refractivity (Wildman–Crippen MR) is 74.4 cm³/mol. The van der Waals surface area contributed by atoms with Gasteiger partial charge in [0.15, 0.2) is 0 Å². The first-order valence-electron chi connectivity index (χ1n) is 5.72. The van der Waals surface area contributed by atoms with Crippen molar-refractivity contribution in [3.05, 3.63) is 28.8 Å². The van der Waals surface area contributed by atoms with Crippen molar-refractivity contribution in [2.45, 2.75) is 31.8 Å². The van der Waals surface area contributed by atoms with Gasteiger partial charge in [0.05, 0.1) is 0 Å². The molecule has 0 N–H and O–H groups in total. The number of thioether (sulfide) groups is 2. The molecule has 3 heteroatoms. The minimum atomic E-state index is 0.803. The molecule has 88 valence electrons. The summed E-state index contributed by atoms with van der Waals surface area (Å²) in [5, 5.41) is 0. The first-order valence-corrected chi connectivity index (χ1v) is 8.03. The molecule has 1 aromatic rings. The molecule has 0 saturated heterocycles. The van der Waals surface area contributed by atoms with Crippen LogP contribution in [0.1, 0.15) is 30.0 Å². The van der Waals surface area contributed by atoms with Gasteiger partial charge in [-0.05, 0) is 30.2 Å². The second-order valence-electron chi connectivity index (χ2n) is 4.06. The van der Waals surface area contributed by atoms with Gasteiger partial charge in [-0.3, -0.25) is 0 Å². The van der Waals surface area contributed by atoms with Crippen molar-refractivity contribution in [2.75, 3.05) is 11.7 Å². The van der Waals surface area contributed by atoms with Gasteiger partial charge in [0.25, 0.3) is 0 Å². The molecule has 0 bridgehead atoms. The number of hydrogen-bond donors (Lipinski definition) is 0. The van der Waals surface area contributed by atoms with Crippen LogP contribution in [0.2, 0.25) is 0 Å². The van der Waals surface area contributed by atoms with Crippen LogP contribution >= 0.6 is 23.5 Å². The Balaban J connectivity index is 2.12. The van der Waals surface area contributed by atoms with Crippen molar-refractivity contribution in [2.24, 2.45) is 0 Å². The van der Waals surface area contributed by atoms with Gasteiger partial charge in [-0.15, -0.1) is 11.8 Å². The monoisotopic (exact) mass is 254 g/mol. The molecule has 0 atom stereocenters. The number of benzene rings is 1. The maximum Gasteiger partial charge on any atom is 0.134 e. The first-order chi connectivity index (χ1) is 7.81. The number of hydrogen-bond acceptors (Lipinski definition) is 3. The number of ether oxygens (including phenoxy) is 1. The normalized spacial score (nSPS) is 14.4. The minimum absolute atomic E-state index is 0.803. The van der Waals surface area contributed by atoms with Crippen LogP contribution in [0.3, 0.4) is 0 Å². The van der Waals surface area contributed by atoms with Crippen LogP contribution in [-0.2, 0) is 11.5 Å². The smallest absolute Gasteiger partial charge is 0.134 e. The zero-order valence-corrected chi connectivity index (χ0v) is 11.5. The molecule has 0 fully saturated rings. The van der Waals surface area contributed by atoms with Crippen molar-refractivity contribution in [3.63, 3.8) is 0 Å². The summed E-state index contributed by atoms with van der Waals surface area (Å²) in [5.41, 5.74) is 4.12. The summed E-state index contributed by atoms with van der Waals surface area (Å²) < 4.78 is 5.69. The molecular formula is C13H18OS2. The molecule has 1 aliphatic rings. The van der Waals surface area contributed by atoms with Gasteiger partial charge in [0.1, 0.15) is 11.7 Å². The van der Waals surface area contributed by atoms with E-state index in [9.17, 15) is 0 Å². The van der Waals surface area contributed by atoms with Crippen LogP contribution in [0.15, 0.2) is 12.1 Å². The topological polar surface area (TPSA) is 9.23 Å². The zero-order chi connectivity index (χ0) is 11.4. The fourth-order valence-corrected chi connectivity index (χ4v) is 3.47. The van der Waals surface area contributed by atoms with Gasteiger partial charge in [-0.1, -0.05) is 19.1 Å². The molecule has 16 heavy (non-hydrogen) atoms. The van der Waals surface area contributed by atoms with Gasteiger partial charge in [0, 0.05) is 17.1 Å². The van der Waals surface area contributed by atoms with E-state index in [-0.39, 0.29) is 0 Å². The standard InChI is InChI=1S/C13H18OS2/c1-3-4-15-7-11-5-10(2)13-12(6-11)8-16-9-14-13/h5-6H,3-4,7-9H2,1-2H3. The Bertz CT molecular complexity index is 363. The van der Waals surface area contributed by atoms with Gasteiger partial charge in [-0.25, -0.2) is 0 Å². The Morgan fingerprint density at radius 3 is 3.12 bits per heavy atom. The molecule has 1 aliphatic heterocycles. The van der Waals surface area contributed by atoms with Crippen LogP contribution in [0.4, 0.5) is 0 Å². The SMILES string of the molecule is CCCSCc1cc(C)c2c(c1)CSCO2. The predicted octanol–water partition coefficient (Wildman–Crippen LogP) is 4.22. The maximum absolute atomic E-state index is 5.69. The molecule has 2 rings (SSSR count). The zero-order valence-electron chi connectivity index (χ0n) is 9.91. The Morgan fingerprint density at radius 2 is 2.31 bits per heavy atom. The summed E-state index contributed by atoms with van der Waals surface area (Å²) in [6.07, 6.45) is 1.26. The third kappa shape index (κ3) is 2.89. The van der Waals surface area contributed by atoms with E-state index in [1.54, 1.807) is 0 Å². The Morgan fingerprint density at radius 1 is 1.44 bits per heavy atom. The fourth-order valence-electron chi connectivity index (χ4n) is 1.91. The lowest BCUT2D eigenvalue weighted by Gasteiger charge is -2.20. The van der Waals surface area contributed by atoms with Crippen LogP contribution < -0.4 is 4.74 Å². The van der Waals surface area contributed by atoms with E-state index in [2.05, 4.69) is 26.0 Å². The second kappa shape index (κ2) is 5.87. The van der Waals surface area contributed by atoms with E-state index in [1.807, 2.05) is 23.5 Å². The van der Waals surface area contributed by atoms with Crippen molar-refractivity contribution in [1.29, 1.82) is 0 Å². The summed E-state index contributed by atoms with van der Waals surface area (Å²) in [7, 11) is 0. The summed E-state index contributed by atoms with van der Waals surface area (Å²) in [4.78, 5) is 0. The molecule has 1 aromatic carbocycles. The van der Waals surface area contributed by atoms with E-state index in [0.29, 0.717) is 0 Å². The lowest BCUT2D eigenvalue weighted by molar-refractivity contribution is 0.381. The molecule has 1 heterocycles. The van der Waals surface area contributed by atoms with Crippen LogP contribution in [0.25, 0.3) is 0 Å². The molecule has 0 aliphatic carbocycles. The third-order valence-electron chi connectivity index (χ3n) is 2.57. The van der Waals surface area contributed by atoms with Crippen molar-refractivity contribution in [3.8, 4) is 5.75 Å².